The Morgan fingerprint density at radius 2 is 1.64 bits per heavy atom. The monoisotopic (exact) mass is 373 g/mol. The predicted molar refractivity (Wildman–Crippen MR) is 108 cm³/mol. The van der Waals surface area contributed by atoms with Crippen LogP contribution in [0.3, 0.4) is 0 Å². The van der Waals surface area contributed by atoms with Gasteiger partial charge >= 0.3 is 5.97 Å². The average molecular weight is 373 g/mol. The predicted octanol–water partition coefficient (Wildman–Crippen LogP) is 5.26. The summed E-state index contributed by atoms with van der Waals surface area (Å²) in [6, 6.07) is 22.7. The van der Waals surface area contributed by atoms with Crippen LogP contribution >= 0.6 is 0 Å². The minimum Gasteiger partial charge on any atom is -0.497 e. The Morgan fingerprint density at radius 3 is 2.32 bits per heavy atom. The quantitative estimate of drug-likeness (QED) is 0.483. The first-order chi connectivity index (χ1) is 13.6. The summed E-state index contributed by atoms with van der Waals surface area (Å²) in [6.45, 7) is 0. The Morgan fingerprint density at radius 1 is 0.929 bits per heavy atom. The number of ether oxygens (including phenoxy) is 2. The van der Waals surface area contributed by atoms with E-state index in [1.807, 2.05) is 72.8 Å². The van der Waals surface area contributed by atoms with Gasteiger partial charge in [-0.15, -0.1) is 0 Å². The molecule has 0 aliphatic rings. The van der Waals surface area contributed by atoms with Crippen molar-refractivity contribution in [3.05, 3.63) is 78.4 Å². The van der Waals surface area contributed by atoms with Crippen LogP contribution in [0.25, 0.3) is 22.2 Å². The van der Waals surface area contributed by atoms with Crippen molar-refractivity contribution in [3.8, 4) is 28.5 Å². The van der Waals surface area contributed by atoms with Gasteiger partial charge in [-0.1, -0.05) is 18.2 Å². The number of nitrogens with one attached hydrogen (secondary N) is 1. The summed E-state index contributed by atoms with van der Waals surface area (Å²) < 4.78 is 11.1. The highest BCUT2D eigenvalue weighted by Crippen LogP contribution is 2.34. The van der Waals surface area contributed by atoms with Gasteiger partial charge < -0.3 is 19.6 Å². The molecule has 5 nitrogen and oxygen atoms in total. The third-order valence-electron chi connectivity index (χ3n) is 4.56. The summed E-state index contributed by atoms with van der Waals surface area (Å²) in [5.74, 6) is 1.25. The van der Waals surface area contributed by atoms with E-state index >= 15 is 0 Å². The maximum absolute atomic E-state index is 11.5. The molecule has 4 rings (SSSR count). The number of benzene rings is 3. The van der Waals surface area contributed by atoms with E-state index in [1.54, 1.807) is 7.11 Å². The van der Waals surface area contributed by atoms with Crippen molar-refractivity contribution in [2.75, 3.05) is 7.11 Å². The third kappa shape index (κ3) is 3.55. The summed E-state index contributed by atoms with van der Waals surface area (Å²) in [4.78, 5) is 14.9. The molecule has 0 unspecified atom stereocenters. The Balaban J connectivity index is 1.79. The molecule has 0 bridgehead atoms. The number of carboxylic acids is 1. The van der Waals surface area contributed by atoms with E-state index < -0.39 is 5.97 Å². The number of aromatic amines is 1. The molecule has 0 saturated carbocycles. The van der Waals surface area contributed by atoms with Crippen molar-refractivity contribution in [2.24, 2.45) is 0 Å². The summed E-state index contributed by atoms with van der Waals surface area (Å²) >= 11 is 0. The summed E-state index contributed by atoms with van der Waals surface area (Å²) in [5.41, 5.74) is 3.28. The van der Waals surface area contributed by atoms with Gasteiger partial charge in [-0.3, -0.25) is 4.79 Å². The fourth-order valence-electron chi connectivity index (χ4n) is 3.25. The van der Waals surface area contributed by atoms with E-state index in [1.165, 1.54) is 0 Å². The van der Waals surface area contributed by atoms with Gasteiger partial charge in [-0.25, -0.2) is 0 Å². The van der Waals surface area contributed by atoms with Crippen LogP contribution in [0.1, 0.15) is 5.56 Å². The van der Waals surface area contributed by atoms with Gasteiger partial charge in [-0.05, 0) is 65.7 Å². The van der Waals surface area contributed by atoms with Crippen LogP contribution in [0.5, 0.6) is 17.2 Å². The van der Waals surface area contributed by atoms with Crippen molar-refractivity contribution in [1.29, 1.82) is 0 Å². The van der Waals surface area contributed by atoms with Gasteiger partial charge in [0.1, 0.15) is 17.2 Å². The van der Waals surface area contributed by atoms with Crippen molar-refractivity contribution in [2.45, 2.75) is 6.42 Å². The molecule has 1 aromatic heterocycles. The molecule has 4 aromatic rings. The Bertz CT molecular complexity index is 1110. The summed E-state index contributed by atoms with van der Waals surface area (Å²) in [5, 5.41) is 10.3. The zero-order chi connectivity index (χ0) is 19.5. The van der Waals surface area contributed by atoms with Crippen LogP contribution in [0, 0.1) is 0 Å². The molecule has 140 valence electrons. The number of fused-ring (bicyclic) bond motifs is 1. The number of carboxylic acid groups (broad SMARTS) is 1. The zero-order valence-corrected chi connectivity index (χ0v) is 15.3. The van der Waals surface area contributed by atoms with Gasteiger partial charge in [-0.2, -0.15) is 0 Å². The van der Waals surface area contributed by atoms with Crippen LogP contribution in [0.2, 0.25) is 0 Å². The van der Waals surface area contributed by atoms with Crippen molar-refractivity contribution in [1.82, 2.24) is 4.98 Å². The van der Waals surface area contributed by atoms with E-state index in [0.717, 1.165) is 39.2 Å². The standard InChI is InChI=1S/C23H19NO4/c1-27-16-9-7-15(8-10-16)23-20(14-22(25)26)19-13-18(11-12-21(19)24-23)28-17-5-3-2-4-6-17/h2-13,24H,14H2,1H3,(H,25,26). The number of hydrogen-bond acceptors (Lipinski definition) is 3. The third-order valence-corrected chi connectivity index (χ3v) is 4.56. The van der Waals surface area contributed by atoms with Crippen molar-refractivity contribution < 1.29 is 19.4 Å². The first-order valence-electron chi connectivity index (χ1n) is 8.88. The molecular formula is C23H19NO4. The highest BCUT2D eigenvalue weighted by molar-refractivity contribution is 5.94. The Kier molecular flexibility index (Phi) is 4.72. The van der Waals surface area contributed by atoms with E-state index in [2.05, 4.69) is 4.98 Å². The molecule has 0 fully saturated rings. The van der Waals surface area contributed by atoms with Crippen molar-refractivity contribution in [3.63, 3.8) is 0 Å². The van der Waals surface area contributed by atoms with Gasteiger partial charge in [0.2, 0.25) is 0 Å². The van der Waals surface area contributed by atoms with Crippen LogP contribution in [0.15, 0.2) is 72.8 Å². The summed E-state index contributed by atoms with van der Waals surface area (Å²) in [6.07, 6.45) is -0.0871. The van der Waals surface area contributed by atoms with Gasteiger partial charge in [0.15, 0.2) is 0 Å². The van der Waals surface area contributed by atoms with E-state index in [-0.39, 0.29) is 6.42 Å². The molecule has 0 radical (unpaired) electrons. The lowest BCUT2D eigenvalue weighted by Crippen LogP contribution is -2.01. The largest absolute Gasteiger partial charge is 0.497 e. The molecule has 0 aliphatic heterocycles. The smallest absolute Gasteiger partial charge is 0.307 e. The topological polar surface area (TPSA) is 71.5 Å². The number of carbonyl (C=O) groups is 1. The van der Waals surface area contributed by atoms with Gasteiger partial charge in [0.05, 0.1) is 19.2 Å². The Hall–Kier alpha value is -3.73. The highest BCUT2D eigenvalue weighted by Gasteiger charge is 2.17. The molecule has 0 spiro atoms. The number of aromatic nitrogens is 1. The van der Waals surface area contributed by atoms with Crippen LogP contribution in [-0.2, 0) is 11.2 Å². The molecule has 0 amide bonds. The van der Waals surface area contributed by atoms with E-state index in [4.69, 9.17) is 9.47 Å². The Labute approximate surface area is 162 Å². The maximum Gasteiger partial charge on any atom is 0.307 e. The molecule has 0 saturated heterocycles. The highest BCUT2D eigenvalue weighted by atomic mass is 16.5. The lowest BCUT2D eigenvalue weighted by atomic mass is 10.0. The molecule has 28 heavy (non-hydrogen) atoms. The molecule has 5 heteroatoms. The number of rotatable bonds is 6. The SMILES string of the molecule is COc1ccc(-c2[nH]c3ccc(Oc4ccccc4)cc3c2CC(=O)O)cc1. The maximum atomic E-state index is 11.5. The first kappa shape index (κ1) is 17.7. The lowest BCUT2D eigenvalue weighted by molar-refractivity contribution is -0.136. The fraction of sp³-hybridized carbons (Fsp3) is 0.0870. The van der Waals surface area contributed by atoms with E-state index in [0.29, 0.717) is 5.75 Å². The number of hydrogen-bond donors (Lipinski definition) is 2. The van der Waals surface area contributed by atoms with Crippen molar-refractivity contribution >= 4 is 16.9 Å². The number of para-hydroxylation sites is 1. The second-order valence-electron chi connectivity index (χ2n) is 6.40. The molecule has 2 N–H and O–H groups in total. The minimum atomic E-state index is -0.884. The zero-order valence-electron chi connectivity index (χ0n) is 15.3. The number of methoxy groups -OCH3 is 1. The molecule has 3 aromatic carbocycles. The number of H-pyrrole nitrogens is 1. The average Bonchev–Trinajstić information content (AvgIpc) is 3.06. The first-order valence-corrected chi connectivity index (χ1v) is 8.88. The van der Waals surface area contributed by atoms with E-state index in [9.17, 15) is 9.90 Å². The molecular weight excluding hydrogens is 354 g/mol. The van der Waals surface area contributed by atoms with Crippen LogP contribution in [0.4, 0.5) is 0 Å². The molecule has 0 atom stereocenters. The normalized spacial score (nSPS) is 10.8. The minimum absolute atomic E-state index is 0.0871. The second-order valence-corrected chi connectivity index (χ2v) is 6.40. The molecule has 0 aliphatic carbocycles. The number of aliphatic carboxylic acids is 1. The second kappa shape index (κ2) is 7.48. The summed E-state index contributed by atoms with van der Waals surface area (Å²) in [7, 11) is 1.61. The van der Waals surface area contributed by atoms with Crippen LogP contribution < -0.4 is 9.47 Å². The molecule has 1 heterocycles. The lowest BCUT2D eigenvalue weighted by Gasteiger charge is -2.06. The van der Waals surface area contributed by atoms with Gasteiger partial charge in [0.25, 0.3) is 0 Å². The van der Waals surface area contributed by atoms with Crippen LogP contribution in [-0.4, -0.2) is 23.2 Å². The fourth-order valence-corrected chi connectivity index (χ4v) is 3.25. The van der Waals surface area contributed by atoms with Gasteiger partial charge in [0, 0.05) is 10.9 Å².